The molecule has 0 atom stereocenters. The number of ether oxygens (including phenoxy) is 1. The fourth-order valence-electron chi connectivity index (χ4n) is 4.17. The summed E-state index contributed by atoms with van der Waals surface area (Å²) >= 11 is 0. The van der Waals surface area contributed by atoms with Gasteiger partial charge in [0.25, 0.3) is 0 Å². The number of benzene rings is 2. The molecule has 186 valence electrons. The molecule has 1 aliphatic heterocycles. The minimum Gasteiger partial charge on any atom is -0.490 e. The van der Waals surface area contributed by atoms with E-state index in [1.165, 1.54) is 6.39 Å². The van der Waals surface area contributed by atoms with Crippen LogP contribution in [0, 0.1) is 0 Å². The normalized spacial score (nSPS) is 14.9. The van der Waals surface area contributed by atoms with Crippen LogP contribution in [0.25, 0.3) is 27.9 Å². The molecular formula is C25H28N8O3. The molecule has 0 aliphatic carbocycles. The van der Waals surface area contributed by atoms with Crippen LogP contribution in [0.3, 0.4) is 0 Å². The summed E-state index contributed by atoms with van der Waals surface area (Å²) in [5, 5.41) is 17.0. The van der Waals surface area contributed by atoms with Gasteiger partial charge in [-0.1, -0.05) is 12.1 Å². The number of nitrogens with one attached hydrogen (secondary N) is 3. The first-order chi connectivity index (χ1) is 17.6. The van der Waals surface area contributed by atoms with E-state index < -0.39 is 0 Å². The van der Waals surface area contributed by atoms with Gasteiger partial charge in [-0.3, -0.25) is 5.84 Å². The largest absolute Gasteiger partial charge is 0.490 e. The lowest BCUT2D eigenvalue weighted by Crippen LogP contribution is -2.34. The summed E-state index contributed by atoms with van der Waals surface area (Å²) in [6.45, 7) is 1.41. The predicted molar refractivity (Wildman–Crippen MR) is 137 cm³/mol. The first-order valence-electron chi connectivity index (χ1n) is 11.6. The Kier molecular flexibility index (Phi) is 6.94. The van der Waals surface area contributed by atoms with Crippen molar-refractivity contribution in [2.75, 3.05) is 25.0 Å². The van der Waals surface area contributed by atoms with E-state index >= 15 is 0 Å². The highest BCUT2D eigenvalue weighted by Gasteiger charge is 2.20. The second-order valence-corrected chi connectivity index (χ2v) is 8.44. The number of oxazole rings is 1. The number of piperidine rings is 1. The molecule has 0 radical (unpaired) electrons. The number of aliphatic hydroxyl groups is 1. The summed E-state index contributed by atoms with van der Waals surface area (Å²) in [4.78, 5) is 13.2. The van der Waals surface area contributed by atoms with Crippen molar-refractivity contribution in [1.29, 1.82) is 0 Å². The van der Waals surface area contributed by atoms with E-state index in [4.69, 9.17) is 25.7 Å². The van der Waals surface area contributed by atoms with E-state index in [-0.39, 0.29) is 18.4 Å². The number of rotatable bonds is 8. The van der Waals surface area contributed by atoms with Gasteiger partial charge < -0.3 is 36.1 Å². The quantitative estimate of drug-likeness (QED) is 0.159. The van der Waals surface area contributed by atoms with Crippen LogP contribution in [-0.4, -0.2) is 45.9 Å². The Balaban J connectivity index is 1.50. The van der Waals surface area contributed by atoms with Crippen molar-refractivity contribution in [3.8, 4) is 17.1 Å². The first kappa shape index (κ1) is 23.5. The van der Waals surface area contributed by atoms with Crippen molar-refractivity contribution < 1.29 is 14.3 Å². The average Bonchev–Trinajstić information content (AvgIpc) is 3.45. The van der Waals surface area contributed by atoms with Crippen LogP contribution in [0.1, 0.15) is 18.4 Å². The lowest BCUT2D eigenvalue weighted by Gasteiger charge is -2.26. The van der Waals surface area contributed by atoms with E-state index in [1.54, 1.807) is 12.4 Å². The summed E-state index contributed by atoms with van der Waals surface area (Å²) < 4.78 is 11.8. The lowest BCUT2D eigenvalue weighted by molar-refractivity contribution is 0.162. The molecule has 1 fully saturated rings. The molecule has 4 aromatic rings. The van der Waals surface area contributed by atoms with Crippen molar-refractivity contribution in [1.82, 2.24) is 25.7 Å². The second kappa shape index (κ2) is 10.6. The van der Waals surface area contributed by atoms with Crippen molar-refractivity contribution in [3.63, 3.8) is 0 Å². The van der Waals surface area contributed by atoms with Crippen LogP contribution in [0.4, 0.5) is 11.6 Å². The smallest absolute Gasteiger partial charge is 0.227 e. The highest BCUT2D eigenvalue weighted by atomic mass is 16.5. The molecule has 5 rings (SSSR count). The number of aliphatic hydroxyl groups excluding tert-OH is 1. The third kappa shape index (κ3) is 5.08. The maximum atomic E-state index is 9.61. The van der Waals surface area contributed by atoms with Gasteiger partial charge >= 0.3 is 0 Å². The lowest BCUT2D eigenvalue weighted by atomic mass is 10.0. The molecular weight excluding hydrogens is 460 g/mol. The second-order valence-electron chi connectivity index (χ2n) is 8.44. The molecule has 0 spiro atoms. The molecule has 11 nitrogen and oxygen atoms in total. The SMILES string of the molecule is NN/C(=C(\N)CO)c1cc2cnc(Nc3cccc(-c4cnco4)c3)nc2cc1OC1CCNCC1. The first-order valence-corrected chi connectivity index (χ1v) is 11.6. The van der Waals surface area contributed by atoms with Crippen LogP contribution in [0.5, 0.6) is 5.75 Å². The van der Waals surface area contributed by atoms with Gasteiger partial charge in [0.2, 0.25) is 5.95 Å². The Labute approximate surface area is 207 Å². The highest BCUT2D eigenvalue weighted by Crippen LogP contribution is 2.32. The zero-order valence-corrected chi connectivity index (χ0v) is 19.6. The van der Waals surface area contributed by atoms with E-state index in [0.29, 0.717) is 34.2 Å². The summed E-state index contributed by atoms with van der Waals surface area (Å²) in [5.41, 5.74) is 12.3. The number of aromatic nitrogens is 3. The molecule has 8 N–H and O–H groups in total. The zero-order chi connectivity index (χ0) is 24.9. The highest BCUT2D eigenvalue weighted by molar-refractivity contribution is 5.87. The number of nitrogens with two attached hydrogens (primary N) is 2. The molecule has 0 amide bonds. The van der Waals surface area contributed by atoms with Crippen LogP contribution >= 0.6 is 0 Å². The molecule has 1 saturated heterocycles. The minimum absolute atomic E-state index is 0.0371. The predicted octanol–water partition coefficient (Wildman–Crippen LogP) is 2.24. The Hall–Kier alpha value is -4.19. The summed E-state index contributed by atoms with van der Waals surface area (Å²) in [7, 11) is 0. The number of nitrogens with zero attached hydrogens (tertiary/aromatic N) is 3. The summed E-state index contributed by atoms with van der Waals surface area (Å²) in [5.74, 6) is 7.45. The maximum absolute atomic E-state index is 9.61. The topological polar surface area (TPSA) is 169 Å². The number of hydrogen-bond donors (Lipinski definition) is 6. The fourth-order valence-corrected chi connectivity index (χ4v) is 4.17. The standard InChI is InChI=1S/C25H28N8O3/c26-20(13-34)24(33-27)19-9-16-11-30-25(31-17-3-1-2-15(8-17)23-12-29-14-35-23)32-21(16)10-22(19)36-18-4-6-28-7-5-18/h1-3,8-12,14,18,28,33-34H,4-7,13,26-27H2,(H,30,31,32)/b24-20-. The van der Waals surface area contributed by atoms with Crippen LogP contribution in [0.15, 0.2) is 65.3 Å². The molecule has 2 aromatic carbocycles. The van der Waals surface area contributed by atoms with Gasteiger partial charge in [0.15, 0.2) is 12.2 Å². The van der Waals surface area contributed by atoms with Gasteiger partial charge in [-0.2, -0.15) is 0 Å². The van der Waals surface area contributed by atoms with Crippen LogP contribution in [-0.2, 0) is 0 Å². The van der Waals surface area contributed by atoms with Gasteiger partial charge in [-0.25, -0.2) is 15.0 Å². The zero-order valence-electron chi connectivity index (χ0n) is 19.6. The van der Waals surface area contributed by atoms with E-state index in [1.807, 2.05) is 36.4 Å². The van der Waals surface area contributed by atoms with Crippen molar-refractivity contribution in [2.24, 2.45) is 11.6 Å². The summed E-state index contributed by atoms with van der Waals surface area (Å²) in [6, 6.07) is 11.4. The number of fused-ring (bicyclic) bond motifs is 1. The molecule has 0 bridgehead atoms. The van der Waals surface area contributed by atoms with Crippen molar-refractivity contribution in [2.45, 2.75) is 18.9 Å². The Morgan fingerprint density at radius 3 is 2.81 bits per heavy atom. The van der Waals surface area contributed by atoms with E-state index in [0.717, 1.165) is 42.6 Å². The Morgan fingerprint density at radius 1 is 1.19 bits per heavy atom. The molecule has 3 heterocycles. The van der Waals surface area contributed by atoms with E-state index in [9.17, 15) is 5.11 Å². The molecule has 2 aromatic heterocycles. The average molecular weight is 489 g/mol. The fraction of sp³-hybridized carbons (Fsp3) is 0.240. The van der Waals surface area contributed by atoms with Gasteiger partial charge in [-0.05, 0) is 44.1 Å². The van der Waals surface area contributed by atoms with Crippen molar-refractivity contribution >= 4 is 28.2 Å². The molecule has 36 heavy (non-hydrogen) atoms. The minimum atomic E-state index is -0.350. The third-order valence-corrected chi connectivity index (χ3v) is 6.00. The van der Waals surface area contributed by atoms with Gasteiger partial charge in [0.05, 0.1) is 29.7 Å². The Bertz CT molecular complexity index is 1370. The molecule has 0 saturated carbocycles. The Morgan fingerprint density at radius 2 is 2.06 bits per heavy atom. The monoisotopic (exact) mass is 488 g/mol. The van der Waals surface area contributed by atoms with Crippen LogP contribution < -0.4 is 32.4 Å². The van der Waals surface area contributed by atoms with Crippen molar-refractivity contribution in [3.05, 3.63) is 66.4 Å². The number of hydrogen-bond acceptors (Lipinski definition) is 11. The molecule has 11 heteroatoms. The van der Waals surface area contributed by atoms with Gasteiger partial charge in [0, 0.05) is 34.5 Å². The molecule has 0 unspecified atom stereocenters. The summed E-state index contributed by atoms with van der Waals surface area (Å²) in [6.07, 6.45) is 6.56. The molecule has 1 aliphatic rings. The maximum Gasteiger partial charge on any atom is 0.227 e. The van der Waals surface area contributed by atoms with Gasteiger partial charge in [-0.15, -0.1) is 0 Å². The van der Waals surface area contributed by atoms with Crippen LogP contribution in [0.2, 0.25) is 0 Å². The number of hydrazine groups is 1. The third-order valence-electron chi connectivity index (χ3n) is 6.00. The van der Waals surface area contributed by atoms with Gasteiger partial charge in [0.1, 0.15) is 11.9 Å². The van der Waals surface area contributed by atoms with E-state index in [2.05, 4.69) is 26.0 Å². The number of anilines is 2.